The first-order valence-electron chi connectivity index (χ1n) is 5.71. The molecule has 16 heavy (non-hydrogen) atoms. The summed E-state index contributed by atoms with van der Waals surface area (Å²) in [6.07, 6.45) is 3.42. The van der Waals surface area contributed by atoms with Crippen molar-refractivity contribution >= 4 is 21.7 Å². The van der Waals surface area contributed by atoms with E-state index in [0.717, 1.165) is 23.1 Å². The Morgan fingerprint density at radius 1 is 1.44 bits per heavy atom. The second-order valence-corrected chi connectivity index (χ2v) is 4.71. The molecule has 0 spiro atoms. The lowest BCUT2D eigenvalue weighted by Gasteiger charge is -2.20. The fourth-order valence-electron chi connectivity index (χ4n) is 1.72. The molecule has 0 aliphatic carbocycles. The van der Waals surface area contributed by atoms with Gasteiger partial charge in [-0.25, -0.2) is 4.98 Å². The van der Waals surface area contributed by atoms with Crippen LogP contribution < -0.4 is 5.32 Å². The topological polar surface area (TPSA) is 45.1 Å². The maximum atomic E-state index is 9.96. The minimum atomic E-state index is -0.316. The van der Waals surface area contributed by atoms with Crippen LogP contribution in [0.15, 0.2) is 22.8 Å². The van der Waals surface area contributed by atoms with E-state index in [1.807, 2.05) is 12.1 Å². The molecular weight excluding hydrogens is 268 g/mol. The van der Waals surface area contributed by atoms with Crippen molar-refractivity contribution in [3.63, 3.8) is 0 Å². The van der Waals surface area contributed by atoms with Crippen LogP contribution in [-0.4, -0.2) is 22.7 Å². The monoisotopic (exact) mass is 286 g/mol. The number of aliphatic hydroxyl groups excluding tert-OH is 1. The summed E-state index contributed by atoms with van der Waals surface area (Å²) in [6.45, 7) is 4.75. The molecule has 0 amide bonds. The van der Waals surface area contributed by atoms with E-state index in [-0.39, 0.29) is 6.10 Å². The number of nitrogens with one attached hydrogen (secondary N) is 1. The number of aromatic nitrogens is 1. The molecule has 0 saturated carbocycles. The molecule has 4 heteroatoms. The lowest BCUT2D eigenvalue weighted by atomic mass is 9.97. The fraction of sp³-hybridized carbons (Fsp3) is 0.583. The molecule has 2 N–H and O–H groups in total. The molecule has 0 aliphatic heterocycles. The number of nitrogens with zero attached hydrogens (tertiary/aromatic N) is 1. The molecule has 3 nitrogen and oxygen atoms in total. The van der Waals surface area contributed by atoms with Gasteiger partial charge in [-0.1, -0.05) is 26.7 Å². The van der Waals surface area contributed by atoms with Crippen molar-refractivity contribution in [2.45, 2.75) is 32.8 Å². The molecule has 1 aromatic rings. The first-order valence-corrected chi connectivity index (χ1v) is 6.50. The van der Waals surface area contributed by atoms with Gasteiger partial charge in [-0.05, 0) is 34.0 Å². The first kappa shape index (κ1) is 13.5. The normalized spacial score (nSPS) is 12.8. The second-order valence-electron chi connectivity index (χ2n) is 3.86. The van der Waals surface area contributed by atoms with Gasteiger partial charge in [0.15, 0.2) is 0 Å². The van der Waals surface area contributed by atoms with Crippen LogP contribution in [0.3, 0.4) is 0 Å². The zero-order valence-electron chi connectivity index (χ0n) is 9.78. The molecule has 0 saturated heterocycles. The Hall–Kier alpha value is -0.610. The number of halogens is 1. The standard InChI is InChI=1S/C12H19BrN2O/c1-3-9(4-2)11(16)8-15-12-10(13)6-5-7-14-12/h5-7,9,11,16H,3-4,8H2,1-2H3,(H,14,15). The summed E-state index contributed by atoms with van der Waals surface area (Å²) >= 11 is 3.41. The summed E-state index contributed by atoms with van der Waals surface area (Å²) in [5.41, 5.74) is 0. The van der Waals surface area contributed by atoms with Crippen LogP contribution >= 0.6 is 15.9 Å². The van der Waals surface area contributed by atoms with Gasteiger partial charge < -0.3 is 10.4 Å². The van der Waals surface area contributed by atoms with E-state index in [4.69, 9.17) is 0 Å². The number of rotatable bonds is 6. The van der Waals surface area contributed by atoms with Crippen molar-refractivity contribution in [3.8, 4) is 0 Å². The Bertz CT molecular complexity index is 316. The predicted molar refractivity (Wildman–Crippen MR) is 70.5 cm³/mol. The third-order valence-corrected chi connectivity index (χ3v) is 3.47. The predicted octanol–water partition coefficient (Wildman–Crippen LogP) is 3.05. The van der Waals surface area contributed by atoms with E-state index in [9.17, 15) is 5.11 Å². The first-order chi connectivity index (χ1) is 7.69. The van der Waals surface area contributed by atoms with Crippen LogP contribution in [0.1, 0.15) is 26.7 Å². The SMILES string of the molecule is CCC(CC)C(O)CNc1ncccc1Br. The molecule has 0 aliphatic rings. The second kappa shape index (κ2) is 6.86. The summed E-state index contributed by atoms with van der Waals surface area (Å²) < 4.78 is 0.923. The van der Waals surface area contributed by atoms with Crippen molar-refractivity contribution in [2.75, 3.05) is 11.9 Å². The van der Waals surface area contributed by atoms with Crippen LogP contribution in [0, 0.1) is 5.92 Å². The van der Waals surface area contributed by atoms with Crippen LogP contribution in [0.25, 0.3) is 0 Å². The Balaban J connectivity index is 2.48. The van der Waals surface area contributed by atoms with Gasteiger partial charge in [0.05, 0.1) is 10.6 Å². The van der Waals surface area contributed by atoms with E-state index in [2.05, 4.69) is 40.1 Å². The third kappa shape index (κ3) is 3.76. The molecule has 1 unspecified atom stereocenters. The summed E-state index contributed by atoms with van der Waals surface area (Å²) in [5, 5.41) is 13.1. The minimum Gasteiger partial charge on any atom is -0.391 e. The average molecular weight is 287 g/mol. The molecule has 90 valence electrons. The third-order valence-electron chi connectivity index (χ3n) is 2.83. The molecule has 0 radical (unpaired) electrons. The number of aliphatic hydroxyl groups is 1. The molecule has 1 heterocycles. The van der Waals surface area contributed by atoms with Gasteiger partial charge in [0.2, 0.25) is 0 Å². The largest absolute Gasteiger partial charge is 0.391 e. The van der Waals surface area contributed by atoms with Crippen LogP contribution in [0.4, 0.5) is 5.82 Å². The number of anilines is 1. The number of hydrogen-bond donors (Lipinski definition) is 2. The van der Waals surface area contributed by atoms with Crippen molar-refractivity contribution in [1.29, 1.82) is 0 Å². The highest BCUT2D eigenvalue weighted by Gasteiger charge is 2.15. The molecule has 0 aromatic carbocycles. The van der Waals surface area contributed by atoms with Crippen molar-refractivity contribution < 1.29 is 5.11 Å². The summed E-state index contributed by atoms with van der Waals surface area (Å²) in [5.74, 6) is 1.14. The van der Waals surface area contributed by atoms with Crippen LogP contribution in [0.2, 0.25) is 0 Å². The molecule has 1 aromatic heterocycles. The van der Waals surface area contributed by atoms with Crippen molar-refractivity contribution in [2.24, 2.45) is 5.92 Å². The number of hydrogen-bond acceptors (Lipinski definition) is 3. The number of pyridine rings is 1. The van der Waals surface area contributed by atoms with E-state index >= 15 is 0 Å². The van der Waals surface area contributed by atoms with Crippen LogP contribution in [0.5, 0.6) is 0 Å². The molecule has 0 bridgehead atoms. The summed E-state index contributed by atoms with van der Waals surface area (Å²) in [7, 11) is 0. The van der Waals surface area contributed by atoms with Gasteiger partial charge in [0.25, 0.3) is 0 Å². The summed E-state index contributed by atoms with van der Waals surface area (Å²) in [6, 6.07) is 3.80. The van der Waals surface area contributed by atoms with E-state index in [1.54, 1.807) is 6.20 Å². The van der Waals surface area contributed by atoms with E-state index < -0.39 is 0 Å². The Labute approximate surface area is 105 Å². The van der Waals surface area contributed by atoms with Gasteiger partial charge in [-0.15, -0.1) is 0 Å². The van der Waals surface area contributed by atoms with Gasteiger partial charge >= 0.3 is 0 Å². The molecule has 1 rings (SSSR count). The average Bonchev–Trinajstić information content (AvgIpc) is 2.29. The highest BCUT2D eigenvalue weighted by Crippen LogP contribution is 2.19. The lowest BCUT2D eigenvalue weighted by Crippen LogP contribution is -2.28. The Morgan fingerprint density at radius 3 is 2.69 bits per heavy atom. The Kier molecular flexibility index (Phi) is 5.77. The molecule has 0 fully saturated rings. The Morgan fingerprint density at radius 2 is 2.12 bits per heavy atom. The molecular formula is C12H19BrN2O. The maximum absolute atomic E-state index is 9.96. The lowest BCUT2D eigenvalue weighted by molar-refractivity contribution is 0.114. The highest BCUT2D eigenvalue weighted by atomic mass is 79.9. The van der Waals surface area contributed by atoms with Crippen LogP contribution in [-0.2, 0) is 0 Å². The summed E-state index contributed by atoms with van der Waals surface area (Å²) in [4.78, 5) is 4.19. The van der Waals surface area contributed by atoms with Crippen molar-refractivity contribution in [3.05, 3.63) is 22.8 Å². The molecule has 1 atom stereocenters. The van der Waals surface area contributed by atoms with Crippen molar-refractivity contribution in [1.82, 2.24) is 4.98 Å². The zero-order valence-corrected chi connectivity index (χ0v) is 11.4. The minimum absolute atomic E-state index is 0.316. The van der Waals surface area contributed by atoms with E-state index in [1.165, 1.54) is 0 Å². The smallest absolute Gasteiger partial charge is 0.140 e. The zero-order chi connectivity index (χ0) is 12.0. The van der Waals surface area contributed by atoms with Gasteiger partial charge in [-0.3, -0.25) is 0 Å². The van der Waals surface area contributed by atoms with Gasteiger partial charge in [0, 0.05) is 12.7 Å². The highest BCUT2D eigenvalue weighted by molar-refractivity contribution is 9.10. The maximum Gasteiger partial charge on any atom is 0.140 e. The fourth-order valence-corrected chi connectivity index (χ4v) is 2.11. The van der Waals surface area contributed by atoms with E-state index in [0.29, 0.717) is 12.5 Å². The quantitative estimate of drug-likeness (QED) is 0.845. The van der Waals surface area contributed by atoms with Gasteiger partial charge in [0.1, 0.15) is 5.82 Å². The van der Waals surface area contributed by atoms with Gasteiger partial charge in [-0.2, -0.15) is 0 Å².